The fourth-order valence-corrected chi connectivity index (χ4v) is 2.81. The molecule has 2 aromatic carbocycles. The molecular weight excluding hydrogens is 338 g/mol. The van der Waals surface area contributed by atoms with Gasteiger partial charge in [-0.2, -0.15) is 4.98 Å². The highest BCUT2D eigenvalue weighted by Gasteiger charge is 2.12. The van der Waals surface area contributed by atoms with Crippen LogP contribution in [0.2, 0.25) is 0 Å². The van der Waals surface area contributed by atoms with Crippen LogP contribution in [0.5, 0.6) is 11.6 Å². The zero-order valence-electron chi connectivity index (χ0n) is 14.9. The molecule has 27 heavy (non-hydrogen) atoms. The van der Waals surface area contributed by atoms with Crippen LogP contribution in [-0.4, -0.2) is 15.0 Å². The van der Waals surface area contributed by atoms with Gasteiger partial charge in [-0.3, -0.25) is 4.98 Å². The maximum absolute atomic E-state index is 6.25. The average molecular weight is 357 g/mol. The van der Waals surface area contributed by atoms with Crippen molar-refractivity contribution in [3.63, 3.8) is 0 Å². The van der Waals surface area contributed by atoms with E-state index in [1.807, 2.05) is 54.6 Å². The number of anilines is 3. The summed E-state index contributed by atoms with van der Waals surface area (Å²) in [6, 6.07) is 17.6. The van der Waals surface area contributed by atoms with Crippen molar-refractivity contribution in [2.24, 2.45) is 0 Å². The van der Waals surface area contributed by atoms with Crippen LogP contribution in [-0.2, 0) is 6.42 Å². The molecule has 3 N–H and O–H groups in total. The Morgan fingerprint density at radius 3 is 2.63 bits per heavy atom. The van der Waals surface area contributed by atoms with Crippen molar-refractivity contribution in [1.29, 1.82) is 0 Å². The molecule has 0 radical (unpaired) electrons. The zero-order valence-corrected chi connectivity index (χ0v) is 14.9. The SMILES string of the molecule is CCc1ccc(Oc2ncnc(Nc3cccc4ncccc34)c2N)cc1. The van der Waals surface area contributed by atoms with E-state index in [1.165, 1.54) is 11.9 Å². The molecule has 0 aliphatic rings. The summed E-state index contributed by atoms with van der Waals surface area (Å²) in [7, 11) is 0. The molecule has 6 nitrogen and oxygen atoms in total. The summed E-state index contributed by atoms with van der Waals surface area (Å²) in [4.78, 5) is 12.8. The molecule has 2 heterocycles. The minimum absolute atomic E-state index is 0.315. The summed E-state index contributed by atoms with van der Waals surface area (Å²) < 4.78 is 5.85. The van der Waals surface area contributed by atoms with E-state index in [9.17, 15) is 0 Å². The van der Waals surface area contributed by atoms with Crippen LogP contribution >= 0.6 is 0 Å². The number of aromatic nitrogens is 3. The van der Waals surface area contributed by atoms with E-state index < -0.39 is 0 Å². The number of nitrogens with zero attached hydrogens (tertiary/aromatic N) is 3. The summed E-state index contributed by atoms with van der Waals surface area (Å²) >= 11 is 0. The molecule has 4 aromatic rings. The van der Waals surface area contributed by atoms with Gasteiger partial charge >= 0.3 is 0 Å². The van der Waals surface area contributed by atoms with E-state index in [2.05, 4.69) is 27.2 Å². The van der Waals surface area contributed by atoms with Crippen molar-refractivity contribution in [3.8, 4) is 11.6 Å². The molecule has 0 saturated carbocycles. The number of rotatable bonds is 5. The van der Waals surface area contributed by atoms with E-state index in [1.54, 1.807) is 6.20 Å². The summed E-state index contributed by atoms with van der Waals surface area (Å²) in [5, 5.41) is 4.25. The Labute approximate surface area is 157 Å². The van der Waals surface area contributed by atoms with Gasteiger partial charge in [-0.15, -0.1) is 0 Å². The van der Waals surface area contributed by atoms with Crippen LogP contribution in [0.15, 0.2) is 67.1 Å². The van der Waals surface area contributed by atoms with Crippen LogP contribution in [0.4, 0.5) is 17.2 Å². The Bertz CT molecular complexity index is 1070. The number of fused-ring (bicyclic) bond motifs is 1. The number of benzene rings is 2. The fraction of sp³-hybridized carbons (Fsp3) is 0.0952. The number of pyridine rings is 1. The van der Waals surface area contributed by atoms with Crippen molar-refractivity contribution < 1.29 is 4.74 Å². The largest absolute Gasteiger partial charge is 0.437 e. The number of hydrogen-bond acceptors (Lipinski definition) is 6. The molecule has 6 heteroatoms. The smallest absolute Gasteiger partial charge is 0.248 e. The lowest BCUT2D eigenvalue weighted by atomic mass is 10.2. The molecule has 0 saturated heterocycles. The van der Waals surface area contributed by atoms with Crippen LogP contribution in [0, 0.1) is 0 Å². The predicted molar refractivity (Wildman–Crippen MR) is 107 cm³/mol. The third kappa shape index (κ3) is 3.50. The van der Waals surface area contributed by atoms with Crippen molar-refractivity contribution in [2.45, 2.75) is 13.3 Å². The molecule has 0 aliphatic heterocycles. The van der Waals surface area contributed by atoms with E-state index >= 15 is 0 Å². The van der Waals surface area contributed by atoms with Crippen LogP contribution in [0.1, 0.15) is 12.5 Å². The first-order valence-electron chi connectivity index (χ1n) is 8.72. The van der Waals surface area contributed by atoms with Crippen LogP contribution in [0.3, 0.4) is 0 Å². The molecule has 0 aliphatic carbocycles. The lowest BCUT2D eigenvalue weighted by Gasteiger charge is -2.13. The quantitative estimate of drug-likeness (QED) is 0.538. The summed E-state index contributed by atoms with van der Waals surface area (Å²) in [6.07, 6.45) is 4.17. The molecule has 0 amide bonds. The molecule has 0 atom stereocenters. The minimum atomic E-state index is 0.315. The first kappa shape index (κ1) is 16.8. The third-order valence-corrected chi connectivity index (χ3v) is 4.29. The number of nitrogens with one attached hydrogen (secondary N) is 1. The van der Waals surface area contributed by atoms with Gasteiger partial charge in [-0.1, -0.05) is 25.1 Å². The third-order valence-electron chi connectivity index (χ3n) is 4.29. The van der Waals surface area contributed by atoms with Gasteiger partial charge < -0.3 is 15.8 Å². The van der Waals surface area contributed by atoms with Crippen LogP contribution < -0.4 is 15.8 Å². The van der Waals surface area contributed by atoms with Gasteiger partial charge in [0, 0.05) is 17.3 Å². The van der Waals surface area contributed by atoms with E-state index in [4.69, 9.17) is 10.5 Å². The maximum atomic E-state index is 6.25. The molecule has 4 rings (SSSR count). The number of hydrogen-bond donors (Lipinski definition) is 2. The Balaban J connectivity index is 1.63. The normalized spacial score (nSPS) is 10.7. The number of ether oxygens (including phenoxy) is 1. The molecule has 0 fully saturated rings. The van der Waals surface area contributed by atoms with Gasteiger partial charge in [0.2, 0.25) is 5.88 Å². The lowest BCUT2D eigenvalue weighted by Crippen LogP contribution is -2.03. The second-order valence-corrected chi connectivity index (χ2v) is 6.04. The van der Waals surface area contributed by atoms with Gasteiger partial charge in [0.15, 0.2) is 5.82 Å². The molecule has 0 unspecified atom stereocenters. The highest BCUT2D eigenvalue weighted by atomic mass is 16.5. The van der Waals surface area contributed by atoms with Gasteiger partial charge in [-0.25, -0.2) is 4.98 Å². The average Bonchev–Trinajstić information content (AvgIpc) is 2.72. The molecule has 134 valence electrons. The molecule has 0 spiro atoms. The van der Waals surface area contributed by atoms with Crippen LogP contribution in [0.25, 0.3) is 10.9 Å². The highest BCUT2D eigenvalue weighted by Crippen LogP contribution is 2.32. The summed E-state index contributed by atoms with van der Waals surface area (Å²) in [5.74, 6) is 1.48. The minimum Gasteiger partial charge on any atom is -0.437 e. The number of aryl methyl sites for hydroxylation is 1. The molecular formula is C21H19N5O. The number of nitrogens with two attached hydrogens (primary N) is 1. The Morgan fingerprint density at radius 2 is 1.81 bits per heavy atom. The second-order valence-electron chi connectivity index (χ2n) is 6.04. The van der Waals surface area contributed by atoms with Crippen molar-refractivity contribution >= 4 is 28.1 Å². The summed E-state index contributed by atoms with van der Waals surface area (Å²) in [6.45, 7) is 2.11. The standard InChI is InChI=1S/C21H19N5O/c1-2-14-8-10-15(11-9-14)27-21-19(22)20(24-13-25-21)26-18-7-3-6-17-16(18)5-4-12-23-17/h3-13H,2,22H2,1H3,(H,24,25,26). The van der Waals surface area contributed by atoms with E-state index in [-0.39, 0.29) is 0 Å². The lowest BCUT2D eigenvalue weighted by molar-refractivity contribution is 0.464. The van der Waals surface area contributed by atoms with Gasteiger partial charge in [-0.05, 0) is 48.4 Å². The highest BCUT2D eigenvalue weighted by molar-refractivity contribution is 5.93. The van der Waals surface area contributed by atoms with Crippen molar-refractivity contribution in [2.75, 3.05) is 11.1 Å². The van der Waals surface area contributed by atoms with Crippen molar-refractivity contribution in [1.82, 2.24) is 15.0 Å². The predicted octanol–water partition coefficient (Wildman–Crippen LogP) is 4.71. The Hall–Kier alpha value is -3.67. The number of nitrogen functional groups attached to an aromatic ring is 1. The summed E-state index contributed by atoms with van der Waals surface area (Å²) in [5.41, 5.74) is 9.59. The van der Waals surface area contributed by atoms with E-state index in [0.29, 0.717) is 23.1 Å². The van der Waals surface area contributed by atoms with Gasteiger partial charge in [0.25, 0.3) is 0 Å². The van der Waals surface area contributed by atoms with Gasteiger partial charge in [0.1, 0.15) is 17.8 Å². The Morgan fingerprint density at radius 1 is 0.963 bits per heavy atom. The first-order valence-corrected chi connectivity index (χ1v) is 8.72. The van der Waals surface area contributed by atoms with E-state index in [0.717, 1.165) is 23.0 Å². The zero-order chi connectivity index (χ0) is 18.6. The van der Waals surface area contributed by atoms with Crippen molar-refractivity contribution in [3.05, 3.63) is 72.7 Å². The monoisotopic (exact) mass is 357 g/mol. The fourth-order valence-electron chi connectivity index (χ4n) is 2.81. The molecule has 0 bridgehead atoms. The molecule has 2 aromatic heterocycles. The second kappa shape index (κ2) is 7.29. The Kier molecular flexibility index (Phi) is 4.53. The van der Waals surface area contributed by atoms with Gasteiger partial charge in [0.05, 0.1) is 5.52 Å². The maximum Gasteiger partial charge on any atom is 0.248 e. The first-order chi connectivity index (χ1) is 13.2. The topological polar surface area (TPSA) is 86.0 Å².